The number of carbonyl (C=O) groups excluding carboxylic acids is 1. The number of hydrogen-bond donors (Lipinski definition) is 2. The molecule has 0 aromatic heterocycles. The fourth-order valence-electron chi connectivity index (χ4n) is 3.19. The number of nitrogens with zero attached hydrogens (tertiary/aromatic N) is 1. The van der Waals surface area contributed by atoms with Crippen LogP contribution in [0.2, 0.25) is 0 Å². The minimum absolute atomic E-state index is 0.00498. The van der Waals surface area contributed by atoms with Crippen molar-refractivity contribution in [2.75, 3.05) is 26.2 Å². The molecule has 2 aromatic rings. The van der Waals surface area contributed by atoms with Gasteiger partial charge in [-0.15, -0.1) is 0 Å². The Labute approximate surface area is 150 Å². The highest BCUT2D eigenvalue weighted by atomic mass is 16.3. The first kappa shape index (κ1) is 19.4. The molecule has 0 radical (unpaired) electrons. The van der Waals surface area contributed by atoms with Gasteiger partial charge in [0.25, 0.3) is 0 Å². The summed E-state index contributed by atoms with van der Waals surface area (Å²) in [6.45, 7) is 5.99. The lowest BCUT2D eigenvalue weighted by atomic mass is 10.00. The zero-order valence-corrected chi connectivity index (χ0v) is 15.4. The van der Waals surface area contributed by atoms with Crippen LogP contribution in [0.4, 0.5) is 0 Å². The molecule has 0 aliphatic heterocycles. The summed E-state index contributed by atoms with van der Waals surface area (Å²) in [5.41, 5.74) is 1.13. The molecule has 0 saturated carbocycles. The highest BCUT2D eigenvalue weighted by Crippen LogP contribution is 2.23. The van der Waals surface area contributed by atoms with Crippen LogP contribution < -0.4 is 5.32 Å². The lowest BCUT2D eigenvalue weighted by Crippen LogP contribution is -2.40. The Bertz CT molecular complexity index is 666. The second-order valence-corrected chi connectivity index (χ2v) is 6.56. The maximum absolute atomic E-state index is 12.4. The molecule has 1 atom stereocenters. The van der Waals surface area contributed by atoms with E-state index in [-0.39, 0.29) is 18.6 Å². The maximum atomic E-state index is 12.4. The SMILES string of the molecule is CCCCCN(CCO)CC(=O)NC(C)c1cccc2ccccc12. The zero-order chi connectivity index (χ0) is 18.1. The van der Waals surface area contributed by atoms with Gasteiger partial charge in [0.2, 0.25) is 5.91 Å². The highest BCUT2D eigenvalue weighted by Gasteiger charge is 2.15. The number of unbranched alkanes of at least 4 members (excludes halogenated alkanes) is 2. The Hall–Kier alpha value is -1.91. The molecular formula is C21H30N2O2. The van der Waals surface area contributed by atoms with E-state index in [9.17, 15) is 9.90 Å². The second-order valence-electron chi connectivity index (χ2n) is 6.56. The molecule has 2 N–H and O–H groups in total. The van der Waals surface area contributed by atoms with Crippen LogP contribution in [0.25, 0.3) is 10.8 Å². The average Bonchev–Trinajstić information content (AvgIpc) is 2.61. The number of fused-ring (bicyclic) bond motifs is 1. The summed E-state index contributed by atoms with van der Waals surface area (Å²) >= 11 is 0. The summed E-state index contributed by atoms with van der Waals surface area (Å²) in [6, 6.07) is 14.4. The third-order valence-corrected chi connectivity index (χ3v) is 4.53. The van der Waals surface area contributed by atoms with Gasteiger partial charge in [-0.25, -0.2) is 0 Å². The fourth-order valence-corrected chi connectivity index (χ4v) is 3.19. The lowest BCUT2D eigenvalue weighted by Gasteiger charge is -2.23. The van der Waals surface area contributed by atoms with Crippen LogP contribution in [0.5, 0.6) is 0 Å². The van der Waals surface area contributed by atoms with E-state index in [0.29, 0.717) is 13.1 Å². The molecule has 4 heteroatoms. The third kappa shape index (κ3) is 5.83. The number of carbonyl (C=O) groups is 1. The standard InChI is InChI=1S/C21H30N2O2/c1-3-4-7-13-23(14-15-24)16-21(25)22-17(2)19-12-8-10-18-9-5-6-11-20(18)19/h5-6,8-12,17,24H,3-4,7,13-16H2,1-2H3,(H,22,25). The molecule has 0 aliphatic rings. The second kappa shape index (κ2) is 10.2. The van der Waals surface area contributed by atoms with Crippen molar-refractivity contribution < 1.29 is 9.90 Å². The van der Waals surface area contributed by atoms with Crippen molar-refractivity contribution in [3.05, 3.63) is 48.0 Å². The molecule has 25 heavy (non-hydrogen) atoms. The molecule has 0 spiro atoms. The summed E-state index contributed by atoms with van der Waals surface area (Å²) in [7, 11) is 0. The van der Waals surface area contributed by atoms with E-state index in [1.54, 1.807) is 0 Å². The molecule has 0 heterocycles. The van der Waals surface area contributed by atoms with Crippen molar-refractivity contribution >= 4 is 16.7 Å². The first-order valence-corrected chi connectivity index (χ1v) is 9.26. The molecule has 0 fully saturated rings. The number of hydrogen-bond acceptors (Lipinski definition) is 3. The van der Waals surface area contributed by atoms with E-state index in [1.807, 2.05) is 30.0 Å². The van der Waals surface area contributed by atoms with Crippen LogP contribution in [0.1, 0.15) is 44.7 Å². The van der Waals surface area contributed by atoms with E-state index in [2.05, 4.69) is 36.5 Å². The van der Waals surface area contributed by atoms with E-state index in [1.165, 1.54) is 10.8 Å². The van der Waals surface area contributed by atoms with Crippen LogP contribution in [0, 0.1) is 0 Å². The number of benzene rings is 2. The van der Waals surface area contributed by atoms with Gasteiger partial charge in [-0.2, -0.15) is 0 Å². The van der Waals surface area contributed by atoms with Gasteiger partial charge >= 0.3 is 0 Å². The van der Waals surface area contributed by atoms with Crippen molar-refractivity contribution in [3.63, 3.8) is 0 Å². The van der Waals surface area contributed by atoms with Crippen molar-refractivity contribution in [2.24, 2.45) is 0 Å². The number of nitrogens with one attached hydrogen (secondary N) is 1. The third-order valence-electron chi connectivity index (χ3n) is 4.53. The Balaban J connectivity index is 1.98. The molecule has 4 nitrogen and oxygen atoms in total. The van der Waals surface area contributed by atoms with Gasteiger partial charge in [-0.1, -0.05) is 62.2 Å². The Kier molecular flexibility index (Phi) is 7.89. The monoisotopic (exact) mass is 342 g/mol. The van der Waals surface area contributed by atoms with Crippen molar-refractivity contribution in [1.82, 2.24) is 10.2 Å². The quantitative estimate of drug-likeness (QED) is 0.650. The topological polar surface area (TPSA) is 52.6 Å². The minimum atomic E-state index is -0.0507. The number of aliphatic hydroxyl groups excluding tert-OH is 1. The Morgan fingerprint density at radius 2 is 1.88 bits per heavy atom. The Morgan fingerprint density at radius 1 is 1.12 bits per heavy atom. The van der Waals surface area contributed by atoms with Crippen LogP contribution in [-0.2, 0) is 4.79 Å². The number of amides is 1. The van der Waals surface area contributed by atoms with Crippen LogP contribution in [0.15, 0.2) is 42.5 Å². The smallest absolute Gasteiger partial charge is 0.234 e. The lowest BCUT2D eigenvalue weighted by molar-refractivity contribution is -0.123. The molecule has 2 rings (SSSR count). The molecular weight excluding hydrogens is 312 g/mol. The van der Waals surface area contributed by atoms with Crippen LogP contribution in [-0.4, -0.2) is 42.2 Å². The van der Waals surface area contributed by atoms with Crippen molar-refractivity contribution in [1.29, 1.82) is 0 Å². The van der Waals surface area contributed by atoms with Gasteiger partial charge in [0.15, 0.2) is 0 Å². The summed E-state index contributed by atoms with van der Waals surface area (Å²) in [5, 5.41) is 14.7. The molecule has 136 valence electrons. The van der Waals surface area contributed by atoms with Crippen LogP contribution in [0.3, 0.4) is 0 Å². The first-order chi connectivity index (χ1) is 12.2. The zero-order valence-electron chi connectivity index (χ0n) is 15.4. The normalized spacial score (nSPS) is 12.5. The van der Waals surface area contributed by atoms with Crippen molar-refractivity contribution in [2.45, 2.75) is 39.2 Å². The molecule has 2 aromatic carbocycles. The predicted molar refractivity (Wildman–Crippen MR) is 104 cm³/mol. The predicted octanol–water partition coefficient (Wildman–Crippen LogP) is 3.50. The molecule has 1 unspecified atom stereocenters. The molecule has 1 amide bonds. The number of rotatable bonds is 10. The van der Waals surface area contributed by atoms with Gasteiger partial charge in [0, 0.05) is 6.54 Å². The van der Waals surface area contributed by atoms with Crippen molar-refractivity contribution in [3.8, 4) is 0 Å². The van der Waals surface area contributed by atoms with Gasteiger partial charge in [0.05, 0.1) is 19.2 Å². The van der Waals surface area contributed by atoms with Gasteiger partial charge in [0.1, 0.15) is 0 Å². The van der Waals surface area contributed by atoms with E-state index in [0.717, 1.165) is 31.4 Å². The first-order valence-electron chi connectivity index (χ1n) is 9.26. The van der Waals surface area contributed by atoms with Gasteiger partial charge in [-0.3, -0.25) is 9.69 Å². The molecule has 0 bridgehead atoms. The summed E-state index contributed by atoms with van der Waals surface area (Å²) in [4.78, 5) is 14.5. The minimum Gasteiger partial charge on any atom is -0.395 e. The number of aliphatic hydroxyl groups is 1. The summed E-state index contributed by atoms with van der Waals surface area (Å²) in [6.07, 6.45) is 3.36. The largest absolute Gasteiger partial charge is 0.395 e. The summed E-state index contributed by atoms with van der Waals surface area (Å²) < 4.78 is 0. The van der Waals surface area contributed by atoms with E-state index in [4.69, 9.17) is 0 Å². The fraction of sp³-hybridized carbons (Fsp3) is 0.476. The van der Waals surface area contributed by atoms with Crippen LogP contribution >= 0.6 is 0 Å². The highest BCUT2D eigenvalue weighted by molar-refractivity contribution is 5.87. The van der Waals surface area contributed by atoms with E-state index < -0.39 is 0 Å². The molecule has 0 saturated heterocycles. The Morgan fingerprint density at radius 3 is 2.64 bits per heavy atom. The average molecular weight is 342 g/mol. The van der Waals surface area contributed by atoms with Gasteiger partial charge < -0.3 is 10.4 Å². The molecule has 0 aliphatic carbocycles. The van der Waals surface area contributed by atoms with Gasteiger partial charge in [-0.05, 0) is 36.2 Å². The summed E-state index contributed by atoms with van der Waals surface area (Å²) in [5.74, 6) is 0.00498. The maximum Gasteiger partial charge on any atom is 0.234 e. The van der Waals surface area contributed by atoms with E-state index >= 15 is 0 Å².